The van der Waals surface area contributed by atoms with Crippen molar-refractivity contribution in [2.45, 2.75) is 24.8 Å². The summed E-state index contributed by atoms with van der Waals surface area (Å²) in [4.78, 5) is 32.7. The number of sulfonamides is 1. The molecule has 2 aromatic carbocycles. The van der Waals surface area contributed by atoms with Crippen molar-refractivity contribution in [1.82, 2.24) is 24.2 Å². The molecule has 0 atom stereocenters. The van der Waals surface area contributed by atoms with Crippen LogP contribution in [0.3, 0.4) is 0 Å². The fraction of sp³-hybridized carbons (Fsp3) is 0.286. The second-order valence-corrected chi connectivity index (χ2v) is 12.1. The van der Waals surface area contributed by atoms with Crippen LogP contribution in [-0.4, -0.2) is 65.6 Å². The monoisotopic (exact) mass is 559 g/mol. The van der Waals surface area contributed by atoms with E-state index < -0.39 is 15.9 Å². The van der Waals surface area contributed by atoms with Crippen LogP contribution in [0.5, 0.6) is 0 Å². The number of carbonyl (C=O) groups is 2. The first-order valence-corrected chi connectivity index (χ1v) is 14.9. The van der Waals surface area contributed by atoms with Crippen molar-refractivity contribution in [1.29, 1.82) is 0 Å². The predicted molar refractivity (Wildman–Crippen MR) is 151 cm³/mol. The fourth-order valence-electron chi connectivity index (χ4n) is 5.64. The molecule has 1 fully saturated rings. The Hall–Kier alpha value is -4.45. The van der Waals surface area contributed by atoms with E-state index >= 15 is 0 Å². The maximum Gasteiger partial charge on any atom is 0.270 e. The number of likely N-dealkylation sites (tertiary alicyclic amines) is 1. The van der Waals surface area contributed by atoms with E-state index in [9.17, 15) is 18.0 Å². The van der Waals surface area contributed by atoms with Crippen LogP contribution >= 0.6 is 0 Å². The van der Waals surface area contributed by atoms with Gasteiger partial charge < -0.3 is 15.5 Å². The third-order valence-electron chi connectivity index (χ3n) is 7.71. The normalized spacial score (nSPS) is 16.0. The number of hydrogen-bond donors (Lipinski definition) is 3. The third-order valence-corrected chi connectivity index (χ3v) is 8.26. The van der Waals surface area contributed by atoms with Crippen molar-refractivity contribution in [3.8, 4) is 0 Å². The number of aromatic nitrogens is 3. The Morgan fingerprint density at radius 2 is 1.73 bits per heavy atom. The Labute approximate surface area is 231 Å². The summed E-state index contributed by atoms with van der Waals surface area (Å²) in [5, 5.41) is 11.1. The predicted octanol–water partition coefficient (Wildman–Crippen LogP) is 2.63. The minimum atomic E-state index is -3.78. The van der Waals surface area contributed by atoms with Crippen LogP contribution in [0.25, 0.3) is 5.65 Å². The molecule has 0 aliphatic carbocycles. The average molecular weight is 560 g/mol. The highest BCUT2D eigenvalue weighted by molar-refractivity contribution is 7.89. The molecule has 1 spiro atoms. The molecule has 0 radical (unpaired) electrons. The number of anilines is 2. The summed E-state index contributed by atoms with van der Waals surface area (Å²) in [5.41, 5.74) is 3.92. The highest BCUT2D eigenvalue weighted by Gasteiger charge is 2.42. The molecule has 2 aliphatic heterocycles. The van der Waals surface area contributed by atoms with Gasteiger partial charge in [0.1, 0.15) is 16.9 Å². The summed E-state index contributed by atoms with van der Waals surface area (Å²) in [6.07, 6.45) is 5.25. The first-order valence-electron chi connectivity index (χ1n) is 13.0. The number of nitrogens with zero attached hydrogens (tertiary/aromatic N) is 4. The molecule has 0 bridgehead atoms. The smallest absolute Gasteiger partial charge is 0.270 e. The Bertz CT molecular complexity index is 1710. The first-order chi connectivity index (χ1) is 19.2. The van der Waals surface area contributed by atoms with Crippen LogP contribution in [-0.2, 0) is 22.0 Å². The van der Waals surface area contributed by atoms with Crippen LogP contribution in [0.1, 0.15) is 44.7 Å². The second kappa shape index (κ2) is 9.94. The van der Waals surface area contributed by atoms with Gasteiger partial charge in [-0.1, -0.05) is 48.5 Å². The lowest BCUT2D eigenvalue weighted by Gasteiger charge is -2.39. The van der Waals surface area contributed by atoms with Gasteiger partial charge in [0.25, 0.3) is 11.8 Å². The van der Waals surface area contributed by atoms with E-state index in [1.165, 1.54) is 28.2 Å². The van der Waals surface area contributed by atoms with Crippen LogP contribution < -0.4 is 15.4 Å². The van der Waals surface area contributed by atoms with Gasteiger partial charge >= 0.3 is 0 Å². The van der Waals surface area contributed by atoms with Gasteiger partial charge in [-0.25, -0.2) is 18.1 Å². The molecular formula is C28H29N7O4S. The SMILES string of the molecule is CS(=O)(=O)NC(=O)c1cnn2c(NCc3ccccc3)c(C(=O)N3CCC4(CC3)CNc3ccccc34)cnc12. The number of amides is 2. The van der Waals surface area contributed by atoms with E-state index in [0.717, 1.165) is 31.2 Å². The summed E-state index contributed by atoms with van der Waals surface area (Å²) in [7, 11) is -3.78. The van der Waals surface area contributed by atoms with Crippen molar-refractivity contribution in [3.63, 3.8) is 0 Å². The van der Waals surface area contributed by atoms with E-state index in [1.54, 1.807) is 0 Å². The molecular weight excluding hydrogens is 530 g/mol. The van der Waals surface area contributed by atoms with Crippen LogP contribution in [0, 0.1) is 0 Å². The number of piperidine rings is 1. The van der Waals surface area contributed by atoms with Gasteiger partial charge in [0.2, 0.25) is 10.0 Å². The lowest BCUT2D eigenvalue weighted by Crippen LogP contribution is -2.46. The Morgan fingerprint density at radius 3 is 2.48 bits per heavy atom. The van der Waals surface area contributed by atoms with E-state index in [1.807, 2.05) is 46.0 Å². The summed E-state index contributed by atoms with van der Waals surface area (Å²) in [6.45, 7) is 2.44. The van der Waals surface area contributed by atoms with Crippen molar-refractivity contribution in [2.24, 2.45) is 0 Å². The largest absolute Gasteiger partial charge is 0.384 e. The molecule has 2 aliphatic rings. The van der Waals surface area contributed by atoms with Gasteiger partial charge in [-0.05, 0) is 30.0 Å². The highest BCUT2D eigenvalue weighted by atomic mass is 32.2. The maximum absolute atomic E-state index is 13.9. The molecule has 4 heterocycles. The Morgan fingerprint density at radius 1 is 1.00 bits per heavy atom. The molecule has 2 amide bonds. The minimum absolute atomic E-state index is 0.00777. The second-order valence-electron chi connectivity index (χ2n) is 10.3. The number of rotatable bonds is 6. The molecule has 6 rings (SSSR count). The molecule has 12 heteroatoms. The van der Waals surface area contributed by atoms with Gasteiger partial charge in [-0.3, -0.25) is 9.59 Å². The zero-order chi connectivity index (χ0) is 27.9. The zero-order valence-corrected chi connectivity index (χ0v) is 22.7. The maximum atomic E-state index is 13.9. The molecule has 11 nitrogen and oxygen atoms in total. The van der Waals surface area contributed by atoms with Crippen molar-refractivity contribution >= 4 is 39.0 Å². The topological polar surface area (TPSA) is 138 Å². The molecule has 4 aromatic rings. The van der Waals surface area contributed by atoms with Gasteiger partial charge in [-0.15, -0.1) is 0 Å². The van der Waals surface area contributed by atoms with Crippen LogP contribution in [0.4, 0.5) is 11.5 Å². The number of nitrogens with one attached hydrogen (secondary N) is 3. The number of para-hydroxylation sites is 1. The zero-order valence-electron chi connectivity index (χ0n) is 21.9. The quantitative estimate of drug-likeness (QED) is 0.328. The molecule has 1 saturated heterocycles. The van der Waals surface area contributed by atoms with Crippen molar-refractivity contribution in [3.05, 3.63) is 89.2 Å². The Balaban J connectivity index is 1.30. The van der Waals surface area contributed by atoms with Gasteiger partial charge in [0.15, 0.2) is 5.65 Å². The minimum Gasteiger partial charge on any atom is -0.384 e. The standard InChI is InChI=1S/C28H29N7O4S/c1-40(38,39)33-26(36)20-17-32-35-24(20)30-16-21(25(35)29-15-19-7-3-2-4-8-19)27(37)34-13-11-28(12-14-34)18-31-23-10-6-5-9-22(23)28/h2-10,16-17,29,31H,11-15,18H2,1H3,(H,33,36). The van der Waals surface area contributed by atoms with Crippen LogP contribution in [0.15, 0.2) is 67.0 Å². The number of benzene rings is 2. The van der Waals surface area contributed by atoms with Gasteiger partial charge in [0, 0.05) is 43.5 Å². The number of fused-ring (bicyclic) bond motifs is 3. The van der Waals surface area contributed by atoms with E-state index in [-0.39, 0.29) is 22.5 Å². The fourth-order valence-corrected chi connectivity index (χ4v) is 6.08. The van der Waals surface area contributed by atoms with E-state index in [4.69, 9.17) is 0 Å². The van der Waals surface area contributed by atoms with Crippen LogP contribution in [0.2, 0.25) is 0 Å². The lowest BCUT2D eigenvalue weighted by molar-refractivity contribution is 0.0676. The molecule has 40 heavy (non-hydrogen) atoms. The lowest BCUT2D eigenvalue weighted by atomic mass is 9.74. The summed E-state index contributed by atoms with van der Waals surface area (Å²) in [6, 6.07) is 18.0. The molecule has 0 saturated carbocycles. The summed E-state index contributed by atoms with van der Waals surface area (Å²) < 4.78 is 26.6. The first kappa shape index (κ1) is 25.8. The Kier molecular flexibility index (Phi) is 6.41. The molecule has 0 unspecified atom stereocenters. The summed E-state index contributed by atoms with van der Waals surface area (Å²) in [5.74, 6) is -0.646. The molecule has 3 N–H and O–H groups in total. The van der Waals surface area contributed by atoms with E-state index in [2.05, 4.69) is 38.9 Å². The average Bonchev–Trinajstić information content (AvgIpc) is 3.54. The van der Waals surface area contributed by atoms with Crippen molar-refractivity contribution < 1.29 is 18.0 Å². The summed E-state index contributed by atoms with van der Waals surface area (Å²) >= 11 is 0. The van der Waals surface area contributed by atoms with Crippen molar-refractivity contribution in [2.75, 3.05) is 36.5 Å². The van der Waals surface area contributed by atoms with Gasteiger partial charge in [0.05, 0.1) is 12.5 Å². The van der Waals surface area contributed by atoms with E-state index in [0.29, 0.717) is 31.0 Å². The molecule has 2 aromatic heterocycles. The number of hydrogen-bond acceptors (Lipinski definition) is 8. The highest BCUT2D eigenvalue weighted by Crippen LogP contribution is 2.44. The third kappa shape index (κ3) is 4.75. The molecule has 206 valence electrons. The number of carbonyl (C=O) groups excluding carboxylic acids is 2. The van der Waals surface area contributed by atoms with Gasteiger partial charge in [-0.2, -0.15) is 9.61 Å².